The number of anilines is 2. The third-order valence-corrected chi connectivity index (χ3v) is 5.78. The van der Waals surface area contributed by atoms with Crippen LogP contribution in [0.25, 0.3) is 27.7 Å². The zero-order valence-corrected chi connectivity index (χ0v) is 20.3. The van der Waals surface area contributed by atoms with Gasteiger partial charge < -0.3 is 5.32 Å². The monoisotopic (exact) mass is 484 g/mol. The lowest BCUT2D eigenvalue weighted by atomic mass is 9.92. The highest BCUT2D eigenvalue weighted by Crippen LogP contribution is 2.29. The van der Waals surface area contributed by atoms with Gasteiger partial charge in [-0.1, -0.05) is 32.9 Å². The van der Waals surface area contributed by atoms with Crippen molar-refractivity contribution < 1.29 is 9.18 Å². The Labute approximate surface area is 207 Å². The van der Waals surface area contributed by atoms with Crippen LogP contribution in [0.5, 0.6) is 0 Å². The number of benzene rings is 1. The molecule has 0 atom stereocenters. The maximum atomic E-state index is 13.8. The number of nitrogens with one attached hydrogen (secondary N) is 2. The number of hydrogen-bond acceptors (Lipinski definition) is 5. The Hall–Kier alpha value is -4.60. The molecule has 0 unspecified atom stereocenters. The summed E-state index contributed by atoms with van der Waals surface area (Å²) >= 11 is 0. The molecule has 2 N–H and O–H groups in total. The summed E-state index contributed by atoms with van der Waals surface area (Å²) in [6.07, 6.45) is 8.00. The summed E-state index contributed by atoms with van der Waals surface area (Å²) in [5, 5.41) is 15.5. The molecule has 0 saturated carbocycles. The van der Waals surface area contributed by atoms with Crippen molar-refractivity contribution in [3.63, 3.8) is 0 Å². The van der Waals surface area contributed by atoms with Crippen LogP contribution in [0.4, 0.5) is 20.7 Å². The quantitative estimate of drug-likeness (QED) is 0.361. The van der Waals surface area contributed by atoms with Gasteiger partial charge in [-0.05, 0) is 17.7 Å². The molecule has 10 heteroatoms. The molecule has 2 amide bonds. The zero-order chi connectivity index (χ0) is 25.4. The van der Waals surface area contributed by atoms with Gasteiger partial charge in [-0.25, -0.2) is 13.9 Å². The molecule has 36 heavy (non-hydrogen) atoms. The van der Waals surface area contributed by atoms with Crippen LogP contribution in [-0.4, -0.2) is 35.6 Å². The van der Waals surface area contributed by atoms with Gasteiger partial charge >= 0.3 is 6.03 Å². The second kappa shape index (κ2) is 8.88. The Kier molecular flexibility index (Phi) is 5.71. The molecule has 4 heterocycles. The molecular weight excluding hydrogens is 459 g/mol. The molecule has 9 nitrogen and oxygen atoms in total. The first-order valence-electron chi connectivity index (χ1n) is 11.3. The van der Waals surface area contributed by atoms with E-state index < -0.39 is 11.8 Å². The fourth-order valence-electron chi connectivity index (χ4n) is 3.85. The fraction of sp³-hybridized carbons (Fsp3) is 0.192. The summed E-state index contributed by atoms with van der Waals surface area (Å²) in [6.45, 7) is 6.03. The molecule has 0 radical (unpaired) electrons. The number of rotatable bonds is 4. The van der Waals surface area contributed by atoms with Crippen LogP contribution in [-0.2, 0) is 12.5 Å². The molecule has 0 aliphatic carbocycles. The summed E-state index contributed by atoms with van der Waals surface area (Å²) in [5.74, 6) is -0.0937. The second-order valence-electron chi connectivity index (χ2n) is 9.48. The first-order chi connectivity index (χ1) is 17.2. The highest BCUT2D eigenvalue weighted by Gasteiger charge is 2.22. The molecule has 0 aliphatic heterocycles. The molecule has 4 aromatic heterocycles. The van der Waals surface area contributed by atoms with Crippen molar-refractivity contribution in [2.24, 2.45) is 7.05 Å². The molecule has 5 aromatic rings. The number of halogens is 1. The zero-order valence-electron chi connectivity index (χ0n) is 20.3. The van der Waals surface area contributed by atoms with Crippen LogP contribution < -0.4 is 10.6 Å². The first-order valence-corrected chi connectivity index (χ1v) is 11.3. The third kappa shape index (κ3) is 4.52. The van der Waals surface area contributed by atoms with E-state index in [0.29, 0.717) is 17.2 Å². The molecule has 1 aromatic carbocycles. The number of aryl methyl sites for hydroxylation is 1. The Morgan fingerprint density at radius 2 is 1.69 bits per heavy atom. The molecule has 0 aliphatic rings. The van der Waals surface area contributed by atoms with Crippen molar-refractivity contribution in [1.29, 1.82) is 0 Å². The molecule has 0 spiro atoms. The smallest absolute Gasteiger partial charge is 0.308 e. The Balaban J connectivity index is 1.37. The van der Waals surface area contributed by atoms with Gasteiger partial charge in [0.2, 0.25) is 0 Å². The van der Waals surface area contributed by atoms with Gasteiger partial charge in [0.15, 0.2) is 0 Å². The molecule has 0 saturated heterocycles. The van der Waals surface area contributed by atoms with E-state index in [1.54, 1.807) is 23.1 Å². The Morgan fingerprint density at radius 1 is 0.944 bits per heavy atom. The first kappa shape index (κ1) is 23.2. The van der Waals surface area contributed by atoms with Gasteiger partial charge in [0, 0.05) is 47.4 Å². The summed E-state index contributed by atoms with van der Waals surface area (Å²) in [7, 11) is 1.88. The van der Waals surface area contributed by atoms with Crippen LogP contribution in [0.2, 0.25) is 0 Å². The maximum Gasteiger partial charge on any atom is 0.324 e. The SMILES string of the molecule is Cn1ncc2c(-c3ccc(NC(=O)Nc4cc(C(C)(C)C)nn4-c4cncc(F)c4)cc3)cncc21. The van der Waals surface area contributed by atoms with E-state index >= 15 is 0 Å². The number of aromatic nitrogens is 6. The summed E-state index contributed by atoms with van der Waals surface area (Å²) in [6, 6.07) is 10.1. The van der Waals surface area contributed by atoms with Crippen molar-refractivity contribution in [3.05, 3.63) is 78.9 Å². The van der Waals surface area contributed by atoms with E-state index in [-0.39, 0.29) is 5.41 Å². The lowest BCUT2D eigenvalue weighted by Crippen LogP contribution is -2.21. The van der Waals surface area contributed by atoms with E-state index in [0.717, 1.165) is 33.9 Å². The normalized spacial score (nSPS) is 11.6. The highest BCUT2D eigenvalue weighted by molar-refractivity contribution is 6.00. The average molecular weight is 485 g/mol. The van der Waals surface area contributed by atoms with Gasteiger partial charge in [-0.15, -0.1) is 0 Å². The van der Waals surface area contributed by atoms with Gasteiger partial charge in [-0.2, -0.15) is 10.2 Å². The van der Waals surface area contributed by atoms with Crippen molar-refractivity contribution >= 4 is 28.4 Å². The second-order valence-corrected chi connectivity index (χ2v) is 9.48. The van der Waals surface area contributed by atoms with Crippen molar-refractivity contribution in [1.82, 2.24) is 29.5 Å². The number of hydrogen-bond donors (Lipinski definition) is 2. The molecule has 0 fully saturated rings. The predicted octanol–water partition coefficient (Wildman–Crippen LogP) is 5.30. The van der Waals surface area contributed by atoms with Crippen LogP contribution in [0.3, 0.4) is 0 Å². The minimum atomic E-state index is -0.493. The minimum Gasteiger partial charge on any atom is -0.308 e. The van der Waals surface area contributed by atoms with Crippen LogP contribution in [0, 0.1) is 5.82 Å². The Bertz CT molecular complexity index is 1560. The summed E-state index contributed by atoms with van der Waals surface area (Å²) in [4.78, 5) is 21.1. The van der Waals surface area contributed by atoms with E-state index in [2.05, 4.69) is 30.8 Å². The number of pyridine rings is 2. The lowest BCUT2D eigenvalue weighted by molar-refractivity contribution is 0.262. The predicted molar refractivity (Wildman–Crippen MR) is 137 cm³/mol. The van der Waals surface area contributed by atoms with E-state index in [1.807, 2.05) is 58.3 Å². The average Bonchev–Trinajstić information content (AvgIpc) is 3.43. The van der Waals surface area contributed by atoms with Crippen LogP contribution in [0.15, 0.2) is 67.4 Å². The van der Waals surface area contributed by atoms with E-state index in [1.165, 1.54) is 16.9 Å². The van der Waals surface area contributed by atoms with E-state index in [9.17, 15) is 9.18 Å². The van der Waals surface area contributed by atoms with Gasteiger partial charge in [0.05, 0.1) is 41.7 Å². The van der Waals surface area contributed by atoms with Gasteiger partial charge in [0.1, 0.15) is 11.6 Å². The standard InChI is InChI=1S/C26H25FN8O/c1-26(2,3)23-10-24(35(33-23)19-9-17(27)11-28-12-19)32-25(36)31-18-7-5-16(6-8-18)20-13-29-15-22-21(20)14-30-34(22)4/h5-15H,1-4H3,(H2,31,32,36). The molecule has 0 bridgehead atoms. The number of urea groups is 1. The molecule has 182 valence electrons. The minimum absolute atomic E-state index is 0.277. The number of amides is 2. The topological polar surface area (TPSA) is 103 Å². The lowest BCUT2D eigenvalue weighted by Gasteiger charge is -2.14. The number of fused-ring (bicyclic) bond motifs is 1. The summed E-state index contributed by atoms with van der Waals surface area (Å²) < 4.78 is 17.1. The Morgan fingerprint density at radius 3 is 2.42 bits per heavy atom. The molecule has 5 rings (SSSR count). The largest absolute Gasteiger partial charge is 0.324 e. The van der Waals surface area contributed by atoms with Crippen LogP contribution >= 0.6 is 0 Å². The van der Waals surface area contributed by atoms with Gasteiger partial charge in [0.25, 0.3) is 0 Å². The number of carbonyl (C=O) groups excluding carboxylic acids is 1. The highest BCUT2D eigenvalue weighted by atomic mass is 19.1. The number of carbonyl (C=O) groups is 1. The van der Waals surface area contributed by atoms with Gasteiger partial charge in [-0.3, -0.25) is 20.0 Å². The maximum absolute atomic E-state index is 13.8. The number of nitrogens with zero attached hydrogens (tertiary/aromatic N) is 6. The fourth-order valence-corrected chi connectivity index (χ4v) is 3.85. The third-order valence-electron chi connectivity index (χ3n) is 5.78. The summed E-state index contributed by atoms with van der Waals surface area (Å²) in [5.41, 5.74) is 4.33. The van der Waals surface area contributed by atoms with E-state index in [4.69, 9.17) is 0 Å². The molecular formula is C26H25FN8O. The van der Waals surface area contributed by atoms with Crippen molar-refractivity contribution in [2.75, 3.05) is 10.6 Å². The van der Waals surface area contributed by atoms with Crippen LogP contribution in [0.1, 0.15) is 26.5 Å². The van der Waals surface area contributed by atoms with Crippen molar-refractivity contribution in [2.45, 2.75) is 26.2 Å². The van der Waals surface area contributed by atoms with Crippen molar-refractivity contribution in [3.8, 4) is 16.8 Å².